The lowest BCUT2D eigenvalue weighted by atomic mass is 10.0. The van der Waals surface area contributed by atoms with Crippen LogP contribution in [-0.2, 0) is 0 Å². The molecule has 0 N–H and O–H groups in total. The van der Waals surface area contributed by atoms with Gasteiger partial charge in [-0.2, -0.15) is 31.6 Å². The summed E-state index contributed by atoms with van der Waals surface area (Å²) in [7, 11) is 0. The van der Waals surface area contributed by atoms with E-state index in [1.54, 1.807) is 24.3 Å². The van der Waals surface area contributed by atoms with Crippen molar-refractivity contribution < 1.29 is 0 Å². The van der Waals surface area contributed by atoms with E-state index in [9.17, 15) is 31.6 Å². The highest BCUT2D eigenvalue weighted by Gasteiger charge is 2.21. The van der Waals surface area contributed by atoms with Crippen molar-refractivity contribution in [2.75, 3.05) is 19.6 Å². The summed E-state index contributed by atoms with van der Waals surface area (Å²) in [4.78, 5) is 8.62. The molecule has 10 heteroatoms. The molecule has 0 saturated heterocycles. The standard InChI is InChI=1S/C64H40N10/c65-41-49(42-66)63(45-69)47-21-25-55(26-22-47)72(53-17-9-3-10-18-53)58-31-37-61(38-32-58)74(60-35-29-57(30-36-60)71(51-13-5-1-6-14-51)52-15-7-2-8-16-52)62-39-33-59(34-40-62)73(54-19-11-4-12-20-54)56-27-23-48(24-28-56)64(46-70)50(43-67)44-68/h1-40H. The van der Waals surface area contributed by atoms with Gasteiger partial charge in [-0.3, -0.25) is 0 Å². The zero-order chi connectivity index (χ0) is 51.2. The van der Waals surface area contributed by atoms with Gasteiger partial charge in [0.1, 0.15) is 47.6 Å². The average molecular weight is 949 g/mol. The summed E-state index contributed by atoms with van der Waals surface area (Å²) < 4.78 is 0. The van der Waals surface area contributed by atoms with Crippen LogP contribution in [0.3, 0.4) is 0 Å². The molecule has 0 amide bonds. The molecule has 9 rings (SSSR count). The SMILES string of the molecule is N#CC(C#N)=C(C#N)c1ccc(N(c2ccccc2)c2ccc(N(c3ccc(N(c4ccccc4)c4ccccc4)cc3)c3ccc(N(c4ccccc4)c4ccc(C(C#N)=C(C#N)C#N)cc4)cc3)cc2)cc1. The van der Waals surface area contributed by atoms with Crippen LogP contribution in [0.4, 0.5) is 68.2 Å². The van der Waals surface area contributed by atoms with Gasteiger partial charge in [-0.1, -0.05) is 97.1 Å². The summed E-state index contributed by atoms with van der Waals surface area (Å²) in [5.41, 5.74) is 11.3. The van der Waals surface area contributed by atoms with Crippen LogP contribution in [-0.4, -0.2) is 0 Å². The summed E-state index contributed by atoms with van der Waals surface area (Å²) >= 11 is 0. The second-order valence-corrected chi connectivity index (χ2v) is 16.5. The van der Waals surface area contributed by atoms with Gasteiger partial charge in [0.05, 0.1) is 11.1 Å². The van der Waals surface area contributed by atoms with Crippen LogP contribution in [0.25, 0.3) is 11.1 Å². The summed E-state index contributed by atoms with van der Waals surface area (Å²) in [5.74, 6) is 0. The first-order chi connectivity index (χ1) is 36.5. The van der Waals surface area contributed by atoms with Gasteiger partial charge >= 0.3 is 0 Å². The molecule has 0 aliphatic rings. The second kappa shape index (κ2) is 22.4. The predicted octanol–water partition coefficient (Wildman–Crippen LogP) is 16.2. The highest BCUT2D eigenvalue weighted by molar-refractivity contribution is 5.89. The van der Waals surface area contributed by atoms with E-state index in [0.717, 1.165) is 68.2 Å². The zero-order valence-corrected chi connectivity index (χ0v) is 39.6. The van der Waals surface area contributed by atoms with Crippen molar-refractivity contribution in [1.82, 2.24) is 0 Å². The first-order valence-electron chi connectivity index (χ1n) is 23.3. The maximum Gasteiger partial charge on any atom is 0.148 e. The Morgan fingerprint density at radius 3 is 0.527 bits per heavy atom. The number of hydrogen-bond donors (Lipinski definition) is 0. The maximum atomic E-state index is 9.85. The lowest BCUT2D eigenvalue weighted by molar-refractivity contribution is 1.24. The molecule has 0 atom stereocenters. The molecule has 0 fully saturated rings. The Morgan fingerprint density at radius 1 is 0.203 bits per heavy atom. The van der Waals surface area contributed by atoms with Crippen molar-refractivity contribution >= 4 is 79.4 Å². The van der Waals surface area contributed by atoms with E-state index in [1.807, 2.05) is 158 Å². The van der Waals surface area contributed by atoms with E-state index in [0.29, 0.717) is 11.1 Å². The average Bonchev–Trinajstić information content (AvgIpc) is 3.47. The zero-order valence-electron chi connectivity index (χ0n) is 39.6. The quantitative estimate of drug-likeness (QED) is 0.0962. The second-order valence-electron chi connectivity index (χ2n) is 16.5. The lowest BCUT2D eigenvalue weighted by Crippen LogP contribution is -2.14. The smallest absolute Gasteiger partial charge is 0.148 e. The van der Waals surface area contributed by atoms with Crippen LogP contribution >= 0.6 is 0 Å². The summed E-state index contributed by atoms with van der Waals surface area (Å²) in [6, 6.07) is 91.3. The van der Waals surface area contributed by atoms with E-state index in [4.69, 9.17) is 0 Å². The van der Waals surface area contributed by atoms with E-state index in [2.05, 4.69) is 117 Å². The Bertz CT molecular complexity index is 3480. The molecule has 9 aromatic rings. The van der Waals surface area contributed by atoms with Gasteiger partial charge in [0.25, 0.3) is 0 Å². The highest BCUT2D eigenvalue weighted by atomic mass is 15.2. The number of nitrogens with zero attached hydrogens (tertiary/aromatic N) is 10. The van der Waals surface area contributed by atoms with Crippen LogP contribution in [0.2, 0.25) is 0 Å². The van der Waals surface area contributed by atoms with Gasteiger partial charge in [-0.15, -0.1) is 0 Å². The number of allylic oxidation sites excluding steroid dienone is 4. The Hall–Kier alpha value is -11.4. The third-order valence-corrected chi connectivity index (χ3v) is 12.2. The Balaban J connectivity index is 1.13. The van der Waals surface area contributed by atoms with Gasteiger partial charge in [0.2, 0.25) is 0 Å². The van der Waals surface area contributed by atoms with Gasteiger partial charge in [-0.05, 0) is 157 Å². The van der Waals surface area contributed by atoms with Crippen LogP contribution < -0.4 is 19.6 Å². The van der Waals surface area contributed by atoms with Crippen molar-refractivity contribution in [3.63, 3.8) is 0 Å². The lowest BCUT2D eigenvalue weighted by Gasteiger charge is -2.30. The molecule has 0 unspecified atom stereocenters. The van der Waals surface area contributed by atoms with Crippen LogP contribution in [0, 0.1) is 68.0 Å². The molecule has 0 heterocycles. The fraction of sp³-hybridized carbons (Fsp3) is 0. The minimum atomic E-state index is -0.244. The molecule has 0 aromatic heterocycles. The van der Waals surface area contributed by atoms with Crippen molar-refractivity contribution in [1.29, 1.82) is 31.6 Å². The third-order valence-electron chi connectivity index (χ3n) is 12.2. The number of nitriles is 6. The molecule has 346 valence electrons. The molecule has 74 heavy (non-hydrogen) atoms. The van der Waals surface area contributed by atoms with Crippen molar-refractivity contribution in [2.45, 2.75) is 0 Å². The predicted molar refractivity (Wildman–Crippen MR) is 293 cm³/mol. The minimum Gasteiger partial charge on any atom is -0.311 e. The summed E-state index contributed by atoms with van der Waals surface area (Å²) in [6.07, 6.45) is 0. The normalized spacial score (nSPS) is 10.1. The topological polar surface area (TPSA) is 156 Å². The van der Waals surface area contributed by atoms with Crippen LogP contribution in [0.1, 0.15) is 11.1 Å². The molecule has 0 bridgehead atoms. The molecule has 0 spiro atoms. The van der Waals surface area contributed by atoms with Gasteiger partial charge < -0.3 is 19.6 Å². The molecule has 0 radical (unpaired) electrons. The van der Waals surface area contributed by atoms with E-state index in [1.165, 1.54) is 0 Å². The molecular weight excluding hydrogens is 909 g/mol. The highest BCUT2D eigenvalue weighted by Crippen LogP contribution is 2.43. The van der Waals surface area contributed by atoms with Gasteiger partial charge in [-0.25, -0.2) is 0 Å². The molecular formula is C64H40N10. The van der Waals surface area contributed by atoms with Crippen molar-refractivity contribution in [2.24, 2.45) is 0 Å². The van der Waals surface area contributed by atoms with Crippen LogP contribution in [0.15, 0.2) is 254 Å². The fourth-order valence-electron chi connectivity index (χ4n) is 8.71. The molecule has 10 nitrogen and oxygen atoms in total. The number of anilines is 12. The minimum absolute atomic E-state index is 0.0181. The molecule has 0 saturated carbocycles. The van der Waals surface area contributed by atoms with Crippen molar-refractivity contribution in [3.8, 4) is 36.4 Å². The molecule has 0 aliphatic heterocycles. The molecule has 0 aliphatic carbocycles. The summed E-state index contributed by atoms with van der Waals surface area (Å²) in [6.45, 7) is 0. The van der Waals surface area contributed by atoms with E-state index < -0.39 is 0 Å². The Morgan fingerprint density at radius 2 is 0.365 bits per heavy atom. The van der Waals surface area contributed by atoms with E-state index >= 15 is 0 Å². The number of para-hydroxylation sites is 4. The van der Waals surface area contributed by atoms with Crippen molar-refractivity contribution in [3.05, 3.63) is 265 Å². The number of rotatable bonds is 14. The van der Waals surface area contributed by atoms with Gasteiger partial charge in [0, 0.05) is 68.2 Å². The molecule has 9 aromatic carbocycles. The first kappa shape index (κ1) is 47.7. The number of benzene rings is 9. The maximum absolute atomic E-state index is 9.85. The fourth-order valence-corrected chi connectivity index (χ4v) is 8.71. The summed E-state index contributed by atoms with van der Waals surface area (Å²) in [5, 5.41) is 57.7. The first-order valence-corrected chi connectivity index (χ1v) is 23.3. The number of hydrogen-bond acceptors (Lipinski definition) is 10. The van der Waals surface area contributed by atoms with Crippen LogP contribution in [0.5, 0.6) is 0 Å². The largest absolute Gasteiger partial charge is 0.311 e. The van der Waals surface area contributed by atoms with Gasteiger partial charge in [0.15, 0.2) is 0 Å². The van der Waals surface area contributed by atoms with E-state index in [-0.39, 0.29) is 22.3 Å². The Kier molecular flexibility index (Phi) is 14.4. The Labute approximate surface area is 430 Å². The third kappa shape index (κ3) is 10.0. The monoisotopic (exact) mass is 948 g/mol.